The number of halogens is 1. The first-order valence-corrected chi connectivity index (χ1v) is 7.86. The summed E-state index contributed by atoms with van der Waals surface area (Å²) in [5.74, 6) is 2.48. The van der Waals surface area contributed by atoms with Crippen molar-refractivity contribution in [2.75, 3.05) is 27.9 Å². The second-order valence-corrected chi connectivity index (χ2v) is 5.71. The Bertz CT molecular complexity index is 673. The lowest BCUT2D eigenvalue weighted by Gasteiger charge is -2.28. The fourth-order valence-electron chi connectivity index (χ4n) is 3.15. The average molecular weight is 394 g/mol. The SMILES string of the molecule is Br.COc1ccc(CC2NCCc3cc(OC)c(OC)cc32)cc1. The summed E-state index contributed by atoms with van der Waals surface area (Å²) in [5.41, 5.74) is 3.91. The van der Waals surface area contributed by atoms with Gasteiger partial charge in [0.1, 0.15) is 5.75 Å². The van der Waals surface area contributed by atoms with Crippen LogP contribution in [0.25, 0.3) is 0 Å². The van der Waals surface area contributed by atoms with Gasteiger partial charge in [-0.25, -0.2) is 0 Å². The highest BCUT2D eigenvalue weighted by molar-refractivity contribution is 8.93. The van der Waals surface area contributed by atoms with Gasteiger partial charge in [0.2, 0.25) is 0 Å². The van der Waals surface area contributed by atoms with Crippen LogP contribution < -0.4 is 19.5 Å². The summed E-state index contributed by atoms with van der Waals surface area (Å²) in [7, 11) is 5.05. The van der Waals surface area contributed by atoms with Crippen molar-refractivity contribution in [3.8, 4) is 17.2 Å². The number of benzene rings is 2. The van der Waals surface area contributed by atoms with Crippen LogP contribution in [0.5, 0.6) is 17.2 Å². The Morgan fingerprint density at radius 3 is 2.25 bits per heavy atom. The van der Waals surface area contributed by atoms with Gasteiger partial charge in [0.15, 0.2) is 11.5 Å². The Morgan fingerprint density at radius 2 is 1.62 bits per heavy atom. The molecular formula is C19H24BrNO3. The molecule has 1 unspecified atom stereocenters. The van der Waals surface area contributed by atoms with E-state index in [0.717, 1.165) is 36.6 Å². The van der Waals surface area contributed by atoms with Crippen LogP contribution >= 0.6 is 17.0 Å². The molecule has 0 radical (unpaired) electrons. The minimum atomic E-state index is 0. The summed E-state index contributed by atoms with van der Waals surface area (Å²) in [6.45, 7) is 0.976. The molecule has 24 heavy (non-hydrogen) atoms. The van der Waals surface area contributed by atoms with Gasteiger partial charge in [0.25, 0.3) is 0 Å². The highest BCUT2D eigenvalue weighted by Gasteiger charge is 2.22. The molecule has 1 aliphatic heterocycles. The summed E-state index contributed by atoms with van der Waals surface area (Å²) >= 11 is 0. The molecule has 5 heteroatoms. The molecule has 130 valence electrons. The van der Waals surface area contributed by atoms with Crippen molar-refractivity contribution in [2.45, 2.75) is 18.9 Å². The lowest BCUT2D eigenvalue weighted by molar-refractivity contribution is 0.352. The summed E-state index contributed by atoms with van der Waals surface area (Å²) < 4.78 is 16.1. The summed E-state index contributed by atoms with van der Waals surface area (Å²) in [4.78, 5) is 0. The minimum absolute atomic E-state index is 0. The molecule has 1 heterocycles. The molecule has 0 saturated heterocycles. The molecular weight excluding hydrogens is 370 g/mol. The van der Waals surface area contributed by atoms with Crippen molar-refractivity contribution in [1.82, 2.24) is 5.32 Å². The van der Waals surface area contributed by atoms with Gasteiger partial charge in [-0.2, -0.15) is 0 Å². The predicted octanol–water partition coefficient (Wildman–Crippen LogP) is 3.72. The summed E-state index contributed by atoms with van der Waals surface area (Å²) in [6.07, 6.45) is 1.95. The second kappa shape index (κ2) is 8.40. The van der Waals surface area contributed by atoms with E-state index in [-0.39, 0.29) is 23.0 Å². The highest BCUT2D eigenvalue weighted by atomic mass is 79.9. The molecule has 1 atom stereocenters. The van der Waals surface area contributed by atoms with E-state index in [0.29, 0.717) is 0 Å². The molecule has 0 aliphatic carbocycles. The Hall–Kier alpha value is -1.72. The largest absolute Gasteiger partial charge is 0.497 e. The predicted molar refractivity (Wildman–Crippen MR) is 101 cm³/mol. The highest BCUT2D eigenvalue weighted by Crippen LogP contribution is 2.36. The van der Waals surface area contributed by atoms with E-state index in [4.69, 9.17) is 14.2 Å². The van der Waals surface area contributed by atoms with E-state index in [1.807, 2.05) is 12.1 Å². The molecule has 2 aromatic rings. The van der Waals surface area contributed by atoms with Crippen molar-refractivity contribution < 1.29 is 14.2 Å². The normalized spacial score (nSPS) is 15.9. The fourth-order valence-corrected chi connectivity index (χ4v) is 3.15. The second-order valence-electron chi connectivity index (χ2n) is 5.71. The van der Waals surface area contributed by atoms with Crippen LogP contribution in [0.15, 0.2) is 36.4 Å². The minimum Gasteiger partial charge on any atom is -0.497 e. The third kappa shape index (κ3) is 3.84. The maximum absolute atomic E-state index is 5.46. The summed E-state index contributed by atoms with van der Waals surface area (Å²) in [5, 5.41) is 3.61. The van der Waals surface area contributed by atoms with E-state index >= 15 is 0 Å². The van der Waals surface area contributed by atoms with Crippen LogP contribution in [0, 0.1) is 0 Å². The monoisotopic (exact) mass is 393 g/mol. The molecule has 0 saturated carbocycles. The van der Waals surface area contributed by atoms with Gasteiger partial charge in [-0.1, -0.05) is 12.1 Å². The van der Waals surface area contributed by atoms with E-state index in [1.54, 1.807) is 21.3 Å². The van der Waals surface area contributed by atoms with Crippen LogP contribution in [0.1, 0.15) is 22.7 Å². The number of methoxy groups -OCH3 is 3. The van der Waals surface area contributed by atoms with Gasteiger partial charge in [-0.3, -0.25) is 0 Å². The van der Waals surface area contributed by atoms with E-state index in [9.17, 15) is 0 Å². The first kappa shape index (κ1) is 18.6. The van der Waals surface area contributed by atoms with Crippen LogP contribution in [0.4, 0.5) is 0 Å². The zero-order chi connectivity index (χ0) is 16.2. The van der Waals surface area contributed by atoms with Crippen LogP contribution in [0.3, 0.4) is 0 Å². The van der Waals surface area contributed by atoms with Crippen molar-refractivity contribution >= 4 is 17.0 Å². The lowest BCUT2D eigenvalue weighted by atomic mass is 9.90. The molecule has 2 aromatic carbocycles. The molecule has 0 amide bonds. The standard InChI is InChI=1S/C19H23NO3.BrH/c1-21-15-6-4-13(5-7-15)10-17-16-12-19(23-3)18(22-2)11-14(16)8-9-20-17;/h4-7,11-12,17,20H,8-10H2,1-3H3;1H. The molecule has 0 aromatic heterocycles. The maximum atomic E-state index is 5.46. The Labute approximate surface area is 153 Å². The van der Waals surface area contributed by atoms with E-state index in [2.05, 4.69) is 29.6 Å². The van der Waals surface area contributed by atoms with Crippen molar-refractivity contribution in [3.63, 3.8) is 0 Å². The van der Waals surface area contributed by atoms with Crippen molar-refractivity contribution in [2.24, 2.45) is 0 Å². The Morgan fingerprint density at radius 1 is 0.958 bits per heavy atom. The quantitative estimate of drug-likeness (QED) is 0.839. The Balaban J connectivity index is 0.00000208. The average Bonchev–Trinajstić information content (AvgIpc) is 2.61. The van der Waals surface area contributed by atoms with Gasteiger partial charge < -0.3 is 19.5 Å². The number of fused-ring (bicyclic) bond motifs is 1. The number of ether oxygens (including phenoxy) is 3. The lowest BCUT2D eigenvalue weighted by Crippen LogP contribution is -2.31. The Kier molecular flexibility index (Phi) is 6.52. The van der Waals surface area contributed by atoms with Crippen LogP contribution in [-0.4, -0.2) is 27.9 Å². The molecule has 0 spiro atoms. The van der Waals surface area contributed by atoms with Crippen LogP contribution in [0.2, 0.25) is 0 Å². The zero-order valence-corrected chi connectivity index (χ0v) is 16.0. The first-order valence-electron chi connectivity index (χ1n) is 7.86. The first-order chi connectivity index (χ1) is 11.2. The molecule has 1 aliphatic rings. The van der Waals surface area contributed by atoms with Crippen molar-refractivity contribution in [3.05, 3.63) is 53.1 Å². The van der Waals surface area contributed by atoms with Gasteiger partial charge in [0.05, 0.1) is 21.3 Å². The summed E-state index contributed by atoms with van der Waals surface area (Å²) in [6, 6.07) is 12.8. The van der Waals surface area contributed by atoms with Gasteiger partial charge in [-0.15, -0.1) is 17.0 Å². The number of hydrogen-bond donors (Lipinski definition) is 1. The number of rotatable bonds is 5. The smallest absolute Gasteiger partial charge is 0.161 e. The van der Waals surface area contributed by atoms with Crippen molar-refractivity contribution in [1.29, 1.82) is 0 Å². The van der Waals surface area contributed by atoms with Gasteiger partial charge in [0, 0.05) is 6.04 Å². The molecule has 4 nitrogen and oxygen atoms in total. The molecule has 0 fully saturated rings. The van der Waals surface area contributed by atoms with Gasteiger partial charge >= 0.3 is 0 Å². The van der Waals surface area contributed by atoms with E-state index < -0.39 is 0 Å². The number of nitrogens with one attached hydrogen (secondary N) is 1. The third-order valence-electron chi connectivity index (χ3n) is 4.40. The third-order valence-corrected chi connectivity index (χ3v) is 4.40. The van der Waals surface area contributed by atoms with E-state index in [1.165, 1.54) is 16.7 Å². The van der Waals surface area contributed by atoms with Crippen LogP contribution in [-0.2, 0) is 12.8 Å². The zero-order valence-electron chi connectivity index (χ0n) is 14.3. The van der Waals surface area contributed by atoms with Gasteiger partial charge in [-0.05, 0) is 60.3 Å². The molecule has 0 bridgehead atoms. The molecule has 1 N–H and O–H groups in total. The molecule has 3 rings (SSSR count). The number of hydrogen-bond acceptors (Lipinski definition) is 4. The fraction of sp³-hybridized carbons (Fsp3) is 0.368. The maximum Gasteiger partial charge on any atom is 0.161 e. The topological polar surface area (TPSA) is 39.7 Å².